The lowest BCUT2D eigenvalue weighted by Crippen LogP contribution is -2.27. The molecule has 0 saturated carbocycles. The van der Waals surface area contributed by atoms with Gasteiger partial charge in [0, 0.05) is 25.2 Å². The summed E-state index contributed by atoms with van der Waals surface area (Å²) in [6.45, 7) is 13.4. The van der Waals surface area contributed by atoms with Gasteiger partial charge in [-0.2, -0.15) is 0 Å². The standard InChI is InChI=1S/C22H23N3O/c1-22(2)15-18(21(16-23)24-3)14-20(26-22)11-8-17-6-9-19(10-7-17)25-12-4-5-13-25/h6-11,14H,4-5,12-13,15H2,1-2H3/b11-8+,21-18+. The van der Waals surface area contributed by atoms with Crippen molar-refractivity contribution in [3.63, 3.8) is 0 Å². The molecule has 1 saturated heterocycles. The molecule has 0 N–H and O–H groups in total. The van der Waals surface area contributed by atoms with E-state index in [-0.39, 0.29) is 5.70 Å². The molecule has 0 spiro atoms. The van der Waals surface area contributed by atoms with E-state index in [1.165, 1.54) is 18.5 Å². The van der Waals surface area contributed by atoms with Crippen molar-refractivity contribution in [1.82, 2.24) is 0 Å². The van der Waals surface area contributed by atoms with Crippen LogP contribution in [0.15, 0.2) is 53.4 Å². The third-order valence-corrected chi connectivity index (χ3v) is 4.65. The molecule has 26 heavy (non-hydrogen) atoms. The van der Waals surface area contributed by atoms with Crippen LogP contribution in [0.3, 0.4) is 0 Å². The molecule has 1 aromatic carbocycles. The minimum absolute atomic E-state index is 0.141. The first-order valence-corrected chi connectivity index (χ1v) is 8.95. The quantitative estimate of drug-likeness (QED) is 0.566. The van der Waals surface area contributed by atoms with Gasteiger partial charge in [-0.3, -0.25) is 0 Å². The Morgan fingerprint density at radius 2 is 1.92 bits per heavy atom. The number of hydrogen-bond acceptors (Lipinski definition) is 3. The van der Waals surface area contributed by atoms with E-state index < -0.39 is 5.60 Å². The molecule has 3 rings (SSSR count). The lowest BCUT2D eigenvalue weighted by molar-refractivity contribution is 0.0356. The second-order valence-corrected chi connectivity index (χ2v) is 7.30. The number of anilines is 1. The van der Waals surface area contributed by atoms with E-state index in [0.29, 0.717) is 12.2 Å². The molecule has 0 amide bonds. The molecule has 2 aliphatic heterocycles. The van der Waals surface area contributed by atoms with E-state index >= 15 is 0 Å². The third-order valence-electron chi connectivity index (χ3n) is 4.65. The van der Waals surface area contributed by atoms with Crippen molar-refractivity contribution < 1.29 is 4.74 Å². The average molecular weight is 345 g/mol. The zero-order chi connectivity index (χ0) is 18.6. The van der Waals surface area contributed by atoms with E-state index in [2.05, 4.69) is 34.0 Å². The topological polar surface area (TPSA) is 40.6 Å². The van der Waals surface area contributed by atoms with Crippen LogP contribution in [0.25, 0.3) is 10.9 Å². The number of nitrogens with zero attached hydrogens (tertiary/aromatic N) is 3. The Morgan fingerprint density at radius 1 is 1.23 bits per heavy atom. The maximum Gasteiger partial charge on any atom is 0.265 e. The van der Waals surface area contributed by atoms with Crippen LogP contribution in [0.5, 0.6) is 0 Å². The molecule has 0 atom stereocenters. The summed E-state index contributed by atoms with van der Waals surface area (Å²) in [7, 11) is 0. The summed E-state index contributed by atoms with van der Waals surface area (Å²) in [6, 6.07) is 10.5. The SMILES string of the molecule is [C-]#[N+]/C(C#N)=C1C=C(/C=C/c2ccc(N3CCCC3)cc2)OC(C)(C)C\1. The first-order valence-electron chi connectivity index (χ1n) is 8.95. The molecular weight excluding hydrogens is 322 g/mol. The largest absolute Gasteiger partial charge is 0.488 e. The summed E-state index contributed by atoms with van der Waals surface area (Å²) < 4.78 is 5.99. The molecule has 0 bridgehead atoms. The molecule has 1 aromatic rings. The lowest BCUT2D eigenvalue weighted by Gasteiger charge is -2.32. The number of benzene rings is 1. The van der Waals surface area contributed by atoms with Crippen molar-refractivity contribution >= 4 is 11.8 Å². The van der Waals surface area contributed by atoms with Crippen LogP contribution >= 0.6 is 0 Å². The van der Waals surface area contributed by atoms with Crippen LogP contribution in [-0.4, -0.2) is 18.7 Å². The van der Waals surface area contributed by atoms with Gasteiger partial charge in [0.25, 0.3) is 5.70 Å². The number of rotatable bonds is 3. The zero-order valence-electron chi connectivity index (χ0n) is 15.3. The Morgan fingerprint density at radius 3 is 2.54 bits per heavy atom. The number of hydrogen-bond donors (Lipinski definition) is 0. The second-order valence-electron chi connectivity index (χ2n) is 7.30. The summed E-state index contributed by atoms with van der Waals surface area (Å²) in [5.74, 6) is 0.677. The van der Waals surface area contributed by atoms with Crippen molar-refractivity contribution in [3.8, 4) is 6.07 Å². The molecule has 0 unspecified atom stereocenters. The summed E-state index contributed by atoms with van der Waals surface area (Å²) >= 11 is 0. The van der Waals surface area contributed by atoms with Crippen molar-refractivity contribution in [3.05, 3.63) is 70.4 Å². The summed E-state index contributed by atoms with van der Waals surface area (Å²) in [6.07, 6.45) is 8.81. The highest BCUT2D eigenvalue weighted by atomic mass is 16.5. The Hall–Kier alpha value is -2.98. The number of ether oxygens (including phenoxy) is 1. The van der Waals surface area contributed by atoms with Gasteiger partial charge in [-0.1, -0.05) is 18.2 Å². The molecule has 4 nitrogen and oxygen atoms in total. The summed E-state index contributed by atoms with van der Waals surface area (Å²) in [4.78, 5) is 5.75. The Labute approximate surface area is 155 Å². The van der Waals surface area contributed by atoms with E-state index in [4.69, 9.17) is 16.6 Å². The minimum Gasteiger partial charge on any atom is -0.488 e. The fraction of sp³-hybridized carbons (Fsp3) is 0.364. The fourth-order valence-electron chi connectivity index (χ4n) is 3.42. The van der Waals surface area contributed by atoms with Crippen LogP contribution in [0, 0.1) is 17.9 Å². The highest BCUT2D eigenvalue weighted by Crippen LogP contribution is 2.33. The molecule has 2 heterocycles. The number of nitriles is 1. The highest BCUT2D eigenvalue weighted by Gasteiger charge is 2.27. The molecule has 0 radical (unpaired) electrons. The van der Waals surface area contributed by atoms with E-state index in [0.717, 1.165) is 24.2 Å². The molecule has 132 valence electrons. The first kappa shape index (κ1) is 17.8. The van der Waals surface area contributed by atoms with Gasteiger partial charge in [-0.15, -0.1) is 0 Å². The Balaban J connectivity index is 1.79. The Kier molecular flexibility index (Phi) is 5.14. The van der Waals surface area contributed by atoms with Gasteiger partial charge in [-0.25, -0.2) is 10.1 Å². The zero-order valence-corrected chi connectivity index (χ0v) is 15.3. The van der Waals surface area contributed by atoms with Crippen LogP contribution < -0.4 is 4.90 Å². The summed E-state index contributed by atoms with van der Waals surface area (Å²) in [5, 5.41) is 9.14. The number of allylic oxidation sites excluding steroid dienone is 3. The first-order chi connectivity index (χ1) is 12.5. The van der Waals surface area contributed by atoms with Crippen LogP contribution in [0.4, 0.5) is 5.69 Å². The molecular formula is C22H23N3O. The lowest BCUT2D eigenvalue weighted by atomic mass is 9.93. The van der Waals surface area contributed by atoms with Gasteiger partial charge >= 0.3 is 0 Å². The van der Waals surface area contributed by atoms with E-state index in [1.54, 1.807) is 6.08 Å². The van der Waals surface area contributed by atoms with E-state index in [1.807, 2.05) is 32.1 Å². The van der Waals surface area contributed by atoms with Crippen molar-refractivity contribution in [1.29, 1.82) is 5.26 Å². The van der Waals surface area contributed by atoms with E-state index in [9.17, 15) is 0 Å². The molecule has 0 aromatic heterocycles. The van der Waals surface area contributed by atoms with Gasteiger partial charge in [0.1, 0.15) is 11.4 Å². The van der Waals surface area contributed by atoms with Gasteiger partial charge in [0.15, 0.2) is 0 Å². The monoisotopic (exact) mass is 345 g/mol. The average Bonchev–Trinajstić information content (AvgIpc) is 3.15. The molecule has 1 fully saturated rings. The summed E-state index contributed by atoms with van der Waals surface area (Å²) in [5.41, 5.74) is 2.81. The smallest absolute Gasteiger partial charge is 0.265 e. The Bertz CT molecular complexity index is 823. The maximum atomic E-state index is 9.14. The van der Waals surface area contributed by atoms with Crippen LogP contribution in [0.1, 0.15) is 38.7 Å². The third kappa shape index (κ3) is 4.16. The predicted molar refractivity (Wildman–Crippen MR) is 104 cm³/mol. The second kappa shape index (κ2) is 7.50. The van der Waals surface area contributed by atoms with Gasteiger partial charge in [-0.05, 0) is 62.1 Å². The van der Waals surface area contributed by atoms with Crippen molar-refractivity contribution in [2.75, 3.05) is 18.0 Å². The van der Waals surface area contributed by atoms with Gasteiger partial charge in [0.2, 0.25) is 0 Å². The van der Waals surface area contributed by atoms with Crippen LogP contribution in [0.2, 0.25) is 0 Å². The van der Waals surface area contributed by atoms with Crippen molar-refractivity contribution in [2.45, 2.75) is 38.7 Å². The maximum absolute atomic E-state index is 9.14. The van der Waals surface area contributed by atoms with Crippen molar-refractivity contribution in [2.24, 2.45) is 0 Å². The minimum atomic E-state index is -0.434. The normalized spacial score (nSPS) is 20.9. The van der Waals surface area contributed by atoms with Crippen LogP contribution in [-0.2, 0) is 4.74 Å². The molecule has 0 aliphatic carbocycles. The highest BCUT2D eigenvalue weighted by molar-refractivity contribution is 5.58. The fourth-order valence-corrected chi connectivity index (χ4v) is 3.42. The van der Waals surface area contributed by atoms with Gasteiger partial charge in [0.05, 0.1) is 12.6 Å². The molecule has 4 heteroatoms. The van der Waals surface area contributed by atoms with Gasteiger partial charge < -0.3 is 9.64 Å². The predicted octanol–water partition coefficient (Wildman–Crippen LogP) is 5.08. The molecule has 2 aliphatic rings.